The zero-order valence-electron chi connectivity index (χ0n) is 26.1. The summed E-state index contributed by atoms with van der Waals surface area (Å²) in [4.78, 5) is 39.0. The molecule has 4 heterocycles. The van der Waals surface area contributed by atoms with E-state index in [-0.39, 0.29) is 56.0 Å². The van der Waals surface area contributed by atoms with Crippen LogP contribution in [0.15, 0.2) is 52.9 Å². The number of thiophene rings is 1. The molecule has 2 aliphatic rings. The summed E-state index contributed by atoms with van der Waals surface area (Å²) >= 11 is 0.408. The lowest BCUT2D eigenvalue weighted by atomic mass is 9.83. The minimum absolute atomic E-state index is 0.0559. The number of piperidine rings is 1. The van der Waals surface area contributed by atoms with Gasteiger partial charge in [-0.25, -0.2) is 13.2 Å². The fraction of sp³-hybridized carbons (Fsp3) is 0.469. The van der Waals surface area contributed by atoms with E-state index in [0.717, 1.165) is 36.0 Å². The van der Waals surface area contributed by atoms with Crippen molar-refractivity contribution in [3.05, 3.63) is 75.2 Å². The topological polar surface area (TPSA) is 93.6 Å². The number of hydroxylamine groups is 3. The summed E-state index contributed by atoms with van der Waals surface area (Å²) < 4.78 is 106. The Hall–Kier alpha value is -3.50. The third-order valence-corrected chi connectivity index (χ3v) is 10.9. The number of sulfone groups is 1. The van der Waals surface area contributed by atoms with E-state index in [0.29, 0.717) is 35.3 Å². The Kier molecular flexibility index (Phi) is 10.0. The Bertz CT molecular complexity index is 1790. The van der Waals surface area contributed by atoms with Crippen molar-refractivity contribution in [3.8, 4) is 5.75 Å². The van der Waals surface area contributed by atoms with E-state index in [1.165, 1.54) is 17.0 Å². The maximum absolute atomic E-state index is 14.8. The van der Waals surface area contributed by atoms with Crippen molar-refractivity contribution in [2.24, 2.45) is 5.92 Å². The van der Waals surface area contributed by atoms with Gasteiger partial charge < -0.3 is 9.74 Å². The van der Waals surface area contributed by atoms with Crippen molar-refractivity contribution in [1.29, 1.82) is 0 Å². The van der Waals surface area contributed by atoms with E-state index in [4.69, 9.17) is 4.84 Å². The number of alkyl halides is 6. The van der Waals surface area contributed by atoms with Gasteiger partial charge in [-0.05, 0) is 49.1 Å². The second kappa shape index (κ2) is 13.4. The maximum atomic E-state index is 14.8. The van der Waals surface area contributed by atoms with Crippen LogP contribution in [0, 0.1) is 5.92 Å². The predicted molar refractivity (Wildman–Crippen MR) is 163 cm³/mol. The van der Waals surface area contributed by atoms with Crippen molar-refractivity contribution in [2.75, 3.05) is 19.3 Å². The van der Waals surface area contributed by atoms with Crippen molar-refractivity contribution in [3.63, 3.8) is 0 Å². The number of aromatic nitrogens is 1. The Balaban J connectivity index is 1.55. The Morgan fingerprint density at radius 2 is 1.83 bits per heavy atom. The van der Waals surface area contributed by atoms with Crippen LogP contribution in [0.1, 0.15) is 71.1 Å². The summed E-state index contributed by atoms with van der Waals surface area (Å²) in [5.41, 5.74) is -0.762. The summed E-state index contributed by atoms with van der Waals surface area (Å²) in [5.74, 6) is -2.60. The summed E-state index contributed by atoms with van der Waals surface area (Å²) in [5, 5.41) is 1.16. The fourth-order valence-electron chi connectivity index (χ4n) is 6.51. The third kappa shape index (κ3) is 7.39. The van der Waals surface area contributed by atoms with Gasteiger partial charge in [0.1, 0.15) is 17.1 Å². The van der Waals surface area contributed by atoms with Gasteiger partial charge in [-0.2, -0.15) is 26.3 Å². The Labute approximate surface area is 277 Å². The normalized spacial score (nSPS) is 21.9. The van der Waals surface area contributed by atoms with Gasteiger partial charge in [0.25, 0.3) is 5.91 Å². The summed E-state index contributed by atoms with van der Waals surface area (Å²) in [6.07, 6.45) is -5.13. The van der Waals surface area contributed by atoms with Crippen molar-refractivity contribution < 1.29 is 53.8 Å². The minimum Gasteiger partial charge on any atom is -0.333 e. The van der Waals surface area contributed by atoms with Crippen LogP contribution in [-0.4, -0.2) is 60.1 Å². The molecule has 260 valence electrons. The number of likely N-dealkylation sites (tertiary alicyclic amines) is 1. The van der Waals surface area contributed by atoms with Crippen molar-refractivity contribution in [1.82, 2.24) is 9.88 Å². The molecule has 3 aromatic rings. The second-order valence-electron chi connectivity index (χ2n) is 12.2. The molecular weight excluding hydrogens is 684 g/mol. The molecule has 0 bridgehead atoms. The van der Waals surface area contributed by atoms with Crippen molar-refractivity contribution in [2.45, 2.75) is 75.3 Å². The van der Waals surface area contributed by atoms with Crippen LogP contribution in [0.25, 0.3) is 0 Å². The molecule has 1 unspecified atom stereocenters. The van der Waals surface area contributed by atoms with E-state index < -0.39 is 66.7 Å². The van der Waals surface area contributed by atoms with Crippen LogP contribution < -0.4 is 4.84 Å². The fourth-order valence-corrected chi connectivity index (χ4v) is 7.86. The first-order chi connectivity index (χ1) is 22.4. The lowest BCUT2D eigenvalue weighted by Gasteiger charge is -2.44. The first kappa shape index (κ1) is 35.8. The first-order valence-electron chi connectivity index (χ1n) is 15.4. The number of carbonyl (C=O) groups is 2. The minimum atomic E-state index is -4.85. The number of hydrogen-bond donors (Lipinski definition) is 0. The zero-order chi connectivity index (χ0) is 35.1. The highest BCUT2D eigenvalue weighted by atomic mass is 32.2. The first-order valence-corrected chi connectivity index (χ1v) is 18.1. The van der Waals surface area contributed by atoms with E-state index >= 15 is 0 Å². The van der Waals surface area contributed by atoms with Gasteiger partial charge in [-0.1, -0.05) is 30.5 Å². The molecule has 1 saturated heterocycles. The van der Waals surface area contributed by atoms with Crippen LogP contribution in [0.3, 0.4) is 0 Å². The molecule has 2 aromatic heterocycles. The van der Waals surface area contributed by atoms with E-state index in [1.54, 1.807) is 6.07 Å². The number of pyridine rings is 1. The lowest BCUT2D eigenvalue weighted by molar-refractivity contribution is -1.03. The molecule has 1 fully saturated rings. The number of benzene rings is 1. The molecule has 0 N–H and O–H groups in total. The number of rotatable bonds is 8. The SMILES string of the molecule is CCCC[C@@H]1[C@H](C(=O)[N+]2(Oc3csc(C(F)(F)F)c3)CCc3cc(S(C)(=O)=O)ccc3C2)CCCN1C(=O)c1ncccc1C(F)(F)F. The van der Waals surface area contributed by atoms with Gasteiger partial charge in [-0.15, -0.1) is 11.3 Å². The number of nitrogens with zero attached hydrogens (tertiary/aromatic N) is 3. The molecule has 8 nitrogen and oxygen atoms in total. The van der Waals surface area contributed by atoms with Gasteiger partial charge in [-0.3, -0.25) is 9.78 Å². The molecule has 16 heteroatoms. The molecule has 5 rings (SSSR count). The van der Waals surface area contributed by atoms with Gasteiger partial charge in [0, 0.05) is 48.5 Å². The molecule has 2 aliphatic heterocycles. The second-order valence-corrected chi connectivity index (χ2v) is 15.1. The number of halogens is 6. The van der Waals surface area contributed by atoms with Gasteiger partial charge in [0.15, 0.2) is 16.4 Å². The van der Waals surface area contributed by atoms with E-state index in [9.17, 15) is 44.3 Å². The molecule has 48 heavy (non-hydrogen) atoms. The quantitative estimate of drug-likeness (QED) is 0.183. The van der Waals surface area contributed by atoms with E-state index in [1.807, 2.05) is 6.92 Å². The monoisotopic (exact) mass is 718 g/mol. The Morgan fingerprint density at radius 3 is 2.48 bits per heavy atom. The summed E-state index contributed by atoms with van der Waals surface area (Å²) in [6.45, 7) is 1.78. The predicted octanol–water partition coefficient (Wildman–Crippen LogP) is 7.09. The highest BCUT2D eigenvalue weighted by molar-refractivity contribution is 7.90. The standard InChI is InChI=1S/C32H34F6N3O5S2/c1-3-4-9-26-24(7-6-14-40(26)29(42)28-25(31(33,34)35)8-5-13-39-28)30(43)41(46-22-17-27(47-19-22)32(36,37)38)15-12-20-16-23(48(2,44)45)11-10-21(20)18-41/h5,8,10-11,13,16-17,19,24,26H,3-4,6-7,9,12,14-15,18H2,1-2H3/q+1/t24-,26-,41?/m1/s1. The van der Waals surface area contributed by atoms with Crippen molar-refractivity contribution >= 4 is 33.0 Å². The molecule has 0 aliphatic carbocycles. The molecule has 1 aromatic carbocycles. The van der Waals surface area contributed by atoms with Gasteiger partial charge >= 0.3 is 18.3 Å². The average Bonchev–Trinajstić information content (AvgIpc) is 3.51. The number of fused-ring (bicyclic) bond motifs is 1. The number of hydrogen-bond acceptors (Lipinski definition) is 7. The van der Waals surface area contributed by atoms with Crippen LogP contribution in [0.2, 0.25) is 0 Å². The largest absolute Gasteiger partial charge is 0.425 e. The number of unbranched alkanes of at least 4 members (excludes halogenated alkanes) is 1. The molecule has 2 amide bonds. The van der Waals surface area contributed by atoms with Crippen LogP contribution >= 0.6 is 11.3 Å². The Morgan fingerprint density at radius 1 is 1.08 bits per heavy atom. The zero-order valence-corrected chi connectivity index (χ0v) is 27.7. The summed E-state index contributed by atoms with van der Waals surface area (Å²) in [7, 11) is -3.55. The molecular formula is C32H34F6N3O5S2+. The molecule has 0 radical (unpaired) electrons. The number of amides is 2. The highest BCUT2D eigenvalue weighted by Crippen LogP contribution is 2.41. The average molecular weight is 719 g/mol. The number of quaternary nitrogens is 1. The maximum Gasteiger partial charge on any atom is 0.425 e. The van der Waals surface area contributed by atoms with Gasteiger partial charge in [0.05, 0.1) is 16.4 Å². The van der Waals surface area contributed by atoms with Crippen LogP contribution in [-0.2, 0) is 39.9 Å². The molecule has 0 saturated carbocycles. The van der Waals surface area contributed by atoms with E-state index in [2.05, 4.69) is 4.98 Å². The lowest BCUT2D eigenvalue weighted by Crippen LogP contribution is -2.63. The summed E-state index contributed by atoms with van der Waals surface area (Å²) in [6, 6.07) is 6.29. The molecule has 3 atom stereocenters. The molecule has 0 spiro atoms. The van der Waals surface area contributed by atoms with Crippen LogP contribution in [0.5, 0.6) is 5.75 Å². The third-order valence-electron chi connectivity index (χ3n) is 8.84. The number of carbonyl (C=O) groups excluding carboxylic acids is 2. The van der Waals surface area contributed by atoms with Crippen LogP contribution in [0.4, 0.5) is 26.3 Å². The smallest absolute Gasteiger partial charge is 0.333 e. The van der Waals surface area contributed by atoms with Gasteiger partial charge in [0.2, 0.25) is 5.75 Å². The highest BCUT2D eigenvalue weighted by Gasteiger charge is 2.53.